The second kappa shape index (κ2) is 5.58. The molecule has 1 fully saturated rings. The molecular weight excluding hydrogens is 308 g/mol. The van der Waals surface area contributed by atoms with E-state index in [1.807, 2.05) is 0 Å². The molecule has 0 unspecified atom stereocenters. The quantitative estimate of drug-likeness (QED) is 0.230. The summed E-state index contributed by atoms with van der Waals surface area (Å²) in [5, 5.41) is 38.7. The van der Waals surface area contributed by atoms with E-state index in [1.165, 1.54) is 10.9 Å². The van der Waals surface area contributed by atoms with E-state index in [4.69, 9.17) is 26.7 Å². The van der Waals surface area contributed by atoms with Crippen LogP contribution in [0.1, 0.15) is 6.23 Å². The summed E-state index contributed by atoms with van der Waals surface area (Å²) in [6, 6.07) is 0. The third kappa shape index (κ3) is 2.53. The number of ether oxygens (including phenoxy) is 1. The summed E-state index contributed by atoms with van der Waals surface area (Å²) in [4.78, 5) is 12.1. The molecule has 1 saturated heterocycles. The lowest BCUT2D eigenvalue weighted by molar-refractivity contribution is -0.0511. The van der Waals surface area contributed by atoms with Gasteiger partial charge in [-0.1, -0.05) is 0 Å². The van der Waals surface area contributed by atoms with E-state index in [9.17, 15) is 10.2 Å². The summed E-state index contributed by atoms with van der Waals surface area (Å²) in [6.45, 7) is -0.449. The van der Waals surface area contributed by atoms with Crippen molar-refractivity contribution in [2.45, 2.75) is 24.5 Å². The van der Waals surface area contributed by atoms with Gasteiger partial charge < -0.3 is 31.5 Å². The number of guanidine groups is 1. The summed E-state index contributed by atoms with van der Waals surface area (Å²) in [5.41, 5.74) is 11.5. The van der Waals surface area contributed by atoms with Gasteiger partial charge in [-0.2, -0.15) is 9.97 Å². The van der Waals surface area contributed by atoms with Gasteiger partial charge in [0.15, 0.2) is 23.7 Å². The molecule has 0 radical (unpaired) electrons. The number of nitrogens with one attached hydrogen (secondary N) is 2. The highest BCUT2D eigenvalue weighted by Gasteiger charge is 2.44. The smallest absolute Gasteiger partial charge is 0.233 e. The number of rotatable bonds is 3. The summed E-state index contributed by atoms with van der Waals surface area (Å²) in [6.07, 6.45) is -3.15. The number of aromatic nitrogens is 4. The van der Waals surface area contributed by atoms with Crippen LogP contribution in [0, 0.1) is 5.41 Å². The summed E-state index contributed by atoms with van der Waals surface area (Å²) in [7, 11) is 0. The van der Waals surface area contributed by atoms with Gasteiger partial charge in [0.25, 0.3) is 0 Å². The van der Waals surface area contributed by atoms with Crippen molar-refractivity contribution >= 4 is 28.9 Å². The summed E-state index contributed by atoms with van der Waals surface area (Å²) in [5.74, 6) is -0.344. The number of aliphatic hydroxyl groups is 3. The summed E-state index contributed by atoms with van der Waals surface area (Å²) >= 11 is 0. The Balaban J connectivity index is 2.05. The van der Waals surface area contributed by atoms with E-state index in [0.29, 0.717) is 0 Å². The molecule has 0 spiro atoms. The molecule has 2 aromatic rings. The van der Waals surface area contributed by atoms with Crippen LogP contribution in [0.15, 0.2) is 6.33 Å². The Hall–Kier alpha value is -2.54. The maximum absolute atomic E-state index is 10.1. The number of anilines is 2. The van der Waals surface area contributed by atoms with Gasteiger partial charge in [-0.3, -0.25) is 15.3 Å². The standard InChI is InChI=1S/C11H16N8O4/c12-7-4-8(17-11(16-7)18-10(13)14)19(2-15-4)9-6(22)5(21)3(1-20)23-9/h2-3,5-6,9,20-22H,1H2,(H6,12,13,14,16,17,18)/t3-,5-,6-,9-/m1/s1. The predicted molar refractivity (Wildman–Crippen MR) is 78.3 cm³/mol. The van der Waals surface area contributed by atoms with Crippen molar-refractivity contribution in [2.75, 3.05) is 17.7 Å². The van der Waals surface area contributed by atoms with Crippen LogP contribution in [0.3, 0.4) is 0 Å². The molecule has 1 aliphatic heterocycles. The van der Waals surface area contributed by atoms with Gasteiger partial charge in [0.05, 0.1) is 12.9 Å². The lowest BCUT2D eigenvalue weighted by Gasteiger charge is -2.16. The first-order valence-electron chi connectivity index (χ1n) is 6.66. The molecule has 0 saturated carbocycles. The zero-order valence-corrected chi connectivity index (χ0v) is 11.8. The van der Waals surface area contributed by atoms with E-state index in [0.717, 1.165) is 0 Å². The Morgan fingerprint density at radius 2 is 2.13 bits per heavy atom. The first kappa shape index (κ1) is 15.4. The first-order valence-corrected chi connectivity index (χ1v) is 6.66. The Morgan fingerprint density at radius 1 is 1.39 bits per heavy atom. The third-order valence-electron chi connectivity index (χ3n) is 3.49. The van der Waals surface area contributed by atoms with Gasteiger partial charge in [0.2, 0.25) is 5.95 Å². The largest absolute Gasteiger partial charge is 0.394 e. The molecule has 0 aliphatic carbocycles. The van der Waals surface area contributed by atoms with Gasteiger partial charge in [0.1, 0.15) is 23.8 Å². The molecule has 124 valence electrons. The van der Waals surface area contributed by atoms with Gasteiger partial charge >= 0.3 is 0 Å². The normalized spacial score (nSPS) is 27.4. The van der Waals surface area contributed by atoms with Crippen molar-refractivity contribution in [1.82, 2.24) is 19.5 Å². The van der Waals surface area contributed by atoms with E-state index >= 15 is 0 Å². The van der Waals surface area contributed by atoms with Crippen LogP contribution in [0.2, 0.25) is 0 Å². The van der Waals surface area contributed by atoms with Crippen LogP contribution in [0.5, 0.6) is 0 Å². The van der Waals surface area contributed by atoms with Crippen molar-refractivity contribution in [3.63, 3.8) is 0 Å². The fourth-order valence-electron chi connectivity index (χ4n) is 2.41. The molecule has 4 atom stereocenters. The minimum atomic E-state index is -1.29. The van der Waals surface area contributed by atoms with Crippen molar-refractivity contribution < 1.29 is 20.1 Å². The Kier molecular flexibility index (Phi) is 3.73. The molecular formula is C11H16N8O4. The van der Waals surface area contributed by atoms with Crippen LogP contribution < -0.4 is 16.8 Å². The lowest BCUT2D eigenvalue weighted by atomic mass is 10.1. The SMILES string of the molecule is N=C(N)Nc1nc(N)c2ncn([C@@H]3O[C@H](CO)[C@@H](O)[C@H]3O)c2n1. The van der Waals surface area contributed by atoms with Gasteiger partial charge in [0, 0.05) is 0 Å². The molecule has 0 amide bonds. The molecule has 0 bridgehead atoms. The van der Waals surface area contributed by atoms with E-state index in [2.05, 4.69) is 20.3 Å². The fourth-order valence-corrected chi connectivity index (χ4v) is 2.41. The molecule has 0 aromatic carbocycles. The number of hydrogen-bond donors (Lipinski definition) is 7. The van der Waals surface area contributed by atoms with Crippen molar-refractivity contribution in [3.8, 4) is 0 Å². The van der Waals surface area contributed by atoms with E-state index in [-0.39, 0.29) is 28.9 Å². The zero-order valence-electron chi connectivity index (χ0n) is 11.8. The number of imidazole rings is 1. The first-order chi connectivity index (χ1) is 10.9. The maximum Gasteiger partial charge on any atom is 0.233 e. The van der Waals surface area contributed by atoms with Crippen molar-refractivity contribution in [1.29, 1.82) is 5.41 Å². The van der Waals surface area contributed by atoms with Gasteiger partial charge in [-0.05, 0) is 0 Å². The molecule has 23 heavy (non-hydrogen) atoms. The van der Waals surface area contributed by atoms with Crippen molar-refractivity contribution in [2.24, 2.45) is 5.73 Å². The van der Waals surface area contributed by atoms with Gasteiger partial charge in [-0.15, -0.1) is 0 Å². The average molecular weight is 324 g/mol. The highest BCUT2D eigenvalue weighted by molar-refractivity contribution is 5.90. The van der Waals surface area contributed by atoms with Crippen LogP contribution in [0.4, 0.5) is 11.8 Å². The second-order valence-electron chi connectivity index (χ2n) is 5.02. The highest BCUT2D eigenvalue weighted by Crippen LogP contribution is 2.32. The van der Waals surface area contributed by atoms with E-state index < -0.39 is 31.1 Å². The predicted octanol–water partition coefficient (Wildman–Crippen LogP) is -2.67. The summed E-state index contributed by atoms with van der Waals surface area (Å²) < 4.78 is 6.80. The van der Waals surface area contributed by atoms with Crippen molar-refractivity contribution in [3.05, 3.63) is 6.33 Å². The number of nitrogens with two attached hydrogens (primary N) is 2. The minimum absolute atomic E-state index is 0.0176. The van der Waals surface area contributed by atoms with Crippen LogP contribution in [-0.4, -0.2) is 65.7 Å². The maximum atomic E-state index is 10.1. The number of nitrogen functional groups attached to an aromatic ring is 1. The Bertz CT molecular complexity index is 749. The average Bonchev–Trinajstić information content (AvgIpc) is 3.01. The molecule has 1 aliphatic rings. The lowest BCUT2D eigenvalue weighted by Crippen LogP contribution is -2.33. The monoisotopic (exact) mass is 324 g/mol. The Labute approximate surface area is 129 Å². The molecule has 3 rings (SSSR count). The molecule has 2 aromatic heterocycles. The third-order valence-corrected chi connectivity index (χ3v) is 3.49. The number of nitrogens with zero attached hydrogens (tertiary/aromatic N) is 4. The molecule has 12 heteroatoms. The fraction of sp³-hybridized carbons (Fsp3) is 0.455. The molecule has 12 nitrogen and oxygen atoms in total. The van der Waals surface area contributed by atoms with Crippen LogP contribution >= 0.6 is 0 Å². The highest BCUT2D eigenvalue weighted by atomic mass is 16.6. The Morgan fingerprint density at radius 3 is 2.74 bits per heavy atom. The van der Waals surface area contributed by atoms with Gasteiger partial charge in [-0.25, -0.2) is 4.98 Å². The molecule has 9 N–H and O–H groups in total. The zero-order chi connectivity index (χ0) is 16.7. The number of fused-ring (bicyclic) bond motifs is 1. The van der Waals surface area contributed by atoms with E-state index in [1.54, 1.807) is 0 Å². The topological polar surface area (TPSA) is 201 Å². The van der Waals surface area contributed by atoms with Crippen LogP contribution in [0.25, 0.3) is 11.2 Å². The number of aliphatic hydroxyl groups excluding tert-OH is 3. The van der Waals surface area contributed by atoms with Crippen LogP contribution in [-0.2, 0) is 4.74 Å². The molecule has 3 heterocycles. The minimum Gasteiger partial charge on any atom is -0.394 e. The second-order valence-corrected chi connectivity index (χ2v) is 5.02. The number of hydrogen-bond acceptors (Lipinski definition) is 9.